The minimum atomic E-state index is -4.02. The molecular weight excluding hydrogens is 386 g/mol. The van der Waals surface area contributed by atoms with E-state index in [9.17, 15) is 22.0 Å². The van der Waals surface area contributed by atoms with Crippen LogP contribution in [0.4, 0.5) is 14.5 Å². The third kappa shape index (κ3) is 4.52. The lowest BCUT2D eigenvalue weighted by atomic mass is 10.1. The number of rotatable bonds is 6. The number of hydrogen-bond donors (Lipinski definition) is 2. The van der Waals surface area contributed by atoms with E-state index in [0.717, 1.165) is 24.3 Å². The summed E-state index contributed by atoms with van der Waals surface area (Å²) in [4.78, 5) is 12.4. The molecule has 0 atom stereocenters. The van der Waals surface area contributed by atoms with Crippen molar-refractivity contribution in [1.29, 1.82) is 0 Å². The van der Waals surface area contributed by atoms with Gasteiger partial charge in [0.05, 0.1) is 16.1 Å². The van der Waals surface area contributed by atoms with Gasteiger partial charge in [-0.3, -0.25) is 9.52 Å². The molecule has 8 heteroatoms. The molecular formula is C20H16F2N2O3S. The van der Waals surface area contributed by atoms with Gasteiger partial charge in [0.2, 0.25) is 0 Å². The lowest BCUT2D eigenvalue weighted by Gasteiger charge is -2.13. The van der Waals surface area contributed by atoms with Crippen LogP contribution in [-0.2, 0) is 16.6 Å². The number of sulfonamides is 1. The van der Waals surface area contributed by atoms with Crippen LogP contribution in [0.2, 0.25) is 0 Å². The number of hydrogen-bond acceptors (Lipinski definition) is 3. The Morgan fingerprint density at radius 3 is 2.21 bits per heavy atom. The number of amides is 1. The molecule has 0 heterocycles. The van der Waals surface area contributed by atoms with Gasteiger partial charge in [-0.05, 0) is 42.5 Å². The summed E-state index contributed by atoms with van der Waals surface area (Å²) >= 11 is 0. The summed E-state index contributed by atoms with van der Waals surface area (Å²) in [6, 6.07) is 16.3. The van der Waals surface area contributed by atoms with Crippen molar-refractivity contribution in [3.05, 3.63) is 95.6 Å². The molecule has 3 aromatic rings. The summed E-state index contributed by atoms with van der Waals surface area (Å²) in [5.41, 5.74) is 0.433. The van der Waals surface area contributed by atoms with Crippen LogP contribution < -0.4 is 10.0 Å². The number of halogens is 2. The van der Waals surface area contributed by atoms with Crippen LogP contribution in [0, 0.1) is 11.6 Å². The number of carbonyl (C=O) groups excluding carboxylic acids is 1. The van der Waals surface area contributed by atoms with Gasteiger partial charge < -0.3 is 5.32 Å². The Hall–Kier alpha value is -3.26. The van der Waals surface area contributed by atoms with Crippen molar-refractivity contribution in [3.8, 4) is 0 Å². The maximum absolute atomic E-state index is 13.7. The molecule has 2 N–H and O–H groups in total. The van der Waals surface area contributed by atoms with Crippen LogP contribution in [0.5, 0.6) is 0 Å². The van der Waals surface area contributed by atoms with E-state index in [2.05, 4.69) is 10.0 Å². The number of anilines is 1. The van der Waals surface area contributed by atoms with Gasteiger partial charge in [0.1, 0.15) is 11.6 Å². The first-order valence-corrected chi connectivity index (χ1v) is 9.74. The lowest BCUT2D eigenvalue weighted by molar-refractivity contribution is 0.0951. The molecule has 0 radical (unpaired) electrons. The molecule has 0 aliphatic carbocycles. The summed E-state index contributed by atoms with van der Waals surface area (Å²) in [6.07, 6.45) is 0. The molecule has 28 heavy (non-hydrogen) atoms. The zero-order chi connectivity index (χ0) is 20.1. The average Bonchev–Trinajstić information content (AvgIpc) is 2.67. The largest absolute Gasteiger partial charge is 0.348 e. The molecule has 3 rings (SSSR count). The number of para-hydroxylation sites is 1. The summed E-state index contributed by atoms with van der Waals surface area (Å²) in [5, 5.41) is 2.57. The highest BCUT2D eigenvalue weighted by Gasteiger charge is 2.18. The van der Waals surface area contributed by atoms with Crippen LogP contribution >= 0.6 is 0 Å². The standard InChI is InChI=1S/C20H16F2N2O3S/c21-15-9-11-16(12-10-15)28(26,27)24-19-8-4-2-6-17(19)20(25)23-13-14-5-1-3-7-18(14)22/h1-12,24H,13H2,(H,23,25). The van der Waals surface area contributed by atoms with Crippen molar-refractivity contribution in [2.75, 3.05) is 4.72 Å². The van der Waals surface area contributed by atoms with E-state index in [4.69, 9.17) is 0 Å². The highest BCUT2D eigenvalue weighted by molar-refractivity contribution is 7.92. The van der Waals surface area contributed by atoms with Gasteiger partial charge >= 0.3 is 0 Å². The highest BCUT2D eigenvalue weighted by Crippen LogP contribution is 2.20. The van der Waals surface area contributed by atoms with E-state index in [1.54, 1.807) is 30.3 Å². The first-order valence-electron chi connectivity index (χ1n) is 8.26. The minimum Gasteiger partial charge on any atom is -0.348 e. The fourth-order valence-corrected chi connectivity index (χ4v) is 3.58. The normalized spacial score (nSPS) is 11.1. The molecule has 0 unspecified atom stereocenters. The second-order valence-corrected chi connectivity index (χ2v) is 7.56. The van der Waals surface area contributed by atoms with Crippen LogP contribution in [-0.4, -0.2) is 14.3 Å². The van der Waals surface area contributed by atoms with Crippen molar-refractivity contribution < 1.29 is 22.0 Å². The van der Waals surface area contributed by atoms with Crippen molar-refractivity contribution >= 4 is 21.6 Å². The molecule has 0 aliphatic rings. The third-order valence-corrected chi connectivity index (χ3v) is 5.32. The SMILES string of the molecule is O=C(NCc1ccccc1F)c1ccccc1NS(=O)(=O)c1ccc(F)cc1. The first-order chi connectivity index (χ1) is 13.4. The molecule has 0 aliphatic heterocycles. The summed E-state index contributed by atoms with van der Waals surface area (Å²) < 4.78 is 54.0. The summed E-state index contributed by atoms with van der Waals surface area (Å²) in [7, 11) is -4.02. The van der Waals surface area contributed by atoms with Gasteiger partial charge in [0.15, 0.2) is 0 Å². The molecule has 5 nitrogen and oxygen atoms in total. The minimum absolute atomic E-state index is 0.0510. The second kappa shape index (κ2) is 8.18. The third-order valence-electron chi connectivity index (χ3n) is 3.94. The van der Waals surface area contributed by atoms with Crippen molar-refractivity contribution in [2.24, 2.45) is 0 Å². The van der Waals surface area contributed by atoms with Crippen molar-refractivity contribution in [3.63, 3.8) is 0 Å². The fraction of sp³-hybridized carbons (Fsp3) is 0.0500. The maximum Gasteiger partial charge on any atom is 0.261 e. The maximum atomic E-state index is 13.7. The Labute approximate surface area is 161 Å². The molecule has 0 saturated heterocycles. The Bertz CT molecular complexity index is 1100. The van der Waals surface area contributed by atoms with Gasteiger partial charge in [0, 0.05) is 12.1 Å². The molecule has 0 fully saturated rings. The lowest BCUT2D eigenvalue weighted by Crippen LogP contribution is -2.25. The predicted octanol–water partition coefficient (Wildman–Crippen LogP) is 3.70. The van der Waals surface area contributed by atoms with Gasteiger partial charge in [-0.2, -0.15) is 0 Å². The quantitative estimate of drug-likeness (QED) is 0.660. The van der Waals surface area contributed by atoms with Gasteiger partial charge in [-0.1, -0.05) is 30.3 Å². The van der Waals surface area contributed by atoms with Crippen LogP contribution in [0.15, 0.2) is 77.7 Å². The smallest absolute Gasteiger partial charge is 0.261 e. The van der Waals surface area contributed by atoms with Crippen molar-refractivity contribution in [1.82, 2.24) is 5.32 Å². The van der Waals surface area contributed by atoms with E-state index in [0.29, 0.717) is 5.56 Å². The number of benzene rings is 3. The molecule has 0 aromatic heterocycles. The van der Waals surface area contributed by atoms with Crippen LogP contribution in [0.3, 0.4) is 0 Å². The molecule has 144 valence electrons. The molecule has 0 bridgehead atoms. The Kier molecular flexibility index (Phi) is 5.70. The zero-order valence-electron chi connectivity index (χ0n) is 14.5. The van der Waals surface area contributed by atoms with Gasteiger partial charge in [-0.25, -0.2) is 17.2 Å². The number of nitrogens with one attached hydrogen (secondary N) is 2. The molecule has 3 aromatic carbocycles. The van der Waals surface area contributed by atoms with Crippen LogP contribution in [0.25, 0.3) is 0 Å². The van der Waals surface area contributed by atoms with E-state index in [1.165, 1.54) is 18.2 Å². The highest BCUT2D eigenvalue weighted by atomic mass is 32.2. The molecule has 0 saturated carbocycles. The summed E-state index contributed by atoms with van der Waals surface area (Å²) in [6.45, 7) is -0.0510. The van der Waals surface area contributed by atoms with Gasteiger partial charge in [0.25, 0.3) is 15.9 Å². The number of carbonyl (C=O) groups is 1. The van der Waals surface area contributed by atoms with E-state index in [-0.39, 0.29) is 22.7 Å². The van der Waals surface area contributed by atoms with E-state index >= 15 is 0 Å². The monoisotopic (exact) mass is 402 g/mol. The molecule has 1 amide bonds. The predicted molar refractivity (Wildman–Crippen MR) is 101 cm³/mol. The first kappa shape index (κ1) is 19.5. The topological polar surface area (TPSA) is 75.3 Å². The second-order valence-electron chi connectivity index (χ2n) is 5.88. The van der Waals surface area contributed by atoms with Crippen molar-refractivity contribution in [2.45, 2.75) is 11.4 Å². The van der Waals surface area contributed by atoms with E-state index < -0.39 is 27.6 Å². The van der Waals surface area contributed by atoms with E-state index in [1.807, 2.05) is 0 Å². The fourth-order valence-electron chi connectivity index (χ4n) is 2.50. The van der Waals surface area contributed by atoms with Crippen LogP contribution in [0.1, 0.15) is 15.9 Å². The average molecular weight is 402 g/mol. The zero-order valence-corrected chi connectivity index (χ0v) is 15.3. The van der Waals surface area contributed by atoms with Gasteiger partial charge in [-0.15, -0.1) is 0 Å². The summed E-state index contributed by atoms with van der Waals surface area (Å²) in [5.74, 6) is -1.58. The Morgan fingerprint density at radius 1 is 0.857 bits per heavy atom. The molecule has 0 spiro atoms. The Morgan fingerprint density at radius 2 is 1.50 bits per heavy atom. The Balaban J connectivity index is 1.80.